The highest BCUT2D eigenvalue weighted by Gasteiger charge is 2.18. The molecule has 0 saturated carbocycles. The highest BCUT2D eigenvalue weighted by Crippen LogP contribution is 2.21. The number of hydrogen-bond acceptors (Lipinski definition) is 1. The van der Waals surface area contributed by atoms with E-state index in [9.17, 15) is 4.39 Å². The van der Waals surface area contributed by atoms with Crippen LogP contribution in [0.2, 0.25) is 5.02 Å². The van der Waals surface area contributed by atoms with Crippen LogP contribution in [0.5, 0.6) is 0 Å². The Morgan fingerprint density at radius 3 is 2.94 bits per heavy atom. The van der Waals surface area contributed by atoms with E-state index in [2.05, 4.69) is 11.8 Å². The van der Waals surface area contributed by atoms with Gasteiger partial charge in [-0.1, -0.05) is 24.6 Å². The molecule has 3 heteroatoms. The van der Waals surface area contributed by atoms with Crippen LogP contribution in [0.1, 0.15) is 18.9 Å². The molecule has 1 aromatic rings. The average molecular weight is 242 g/mol. The Morgan fingerprint density at radius 2 is 2.31 bits per heavy atom. The molecule has 1 fully saturated rings. The first-order valence-electron chi connectivity index (χ1n) is 5.82. The van der Waals surface area contributed by atoms with E-state index in [1.165, 1.54) is 12.5 Å². The second kappa shape index (κ2) is 5.15. The van der Waals surface area contributed by atoms with Gasteiger partial charge in [0.1, 0.15) is 5.82 Å². The van der Waals surface area contributed by atoms with Gasteiger partial charge >= 0.3 is 0 Å². The lowest BCUT2D eigenvalue weighted by Crippen LogP contribution is -2.23. The molecule has 0 radical (unpaired) electrons. The summed E-state index contributed by atoms with van der Waals surface area (Å²) in [6.45, 7) is 5.43. The Bertz CT molecular complexity index is 347. The molecule has 1 aromatic carbocycles. The predicted molar refractivity (Wildman–Crippen MR) is 65.3 cm³/mol. The number of likely N-dealkylation sites (tertiary alicyclic amines) is 1. The summed E-state index contributed by atoms with van der Waals surface area (Å²) in [6.07, 6.45) is 1.96. The maximum atomic E-state index is 13.5. The average Bonchev–Trinajstić information content (AvgIpc) is 2.63. The van der Waals surface area contributed by atoms with Gasteiger partial charge in [-0.3, -0.25) is 0 Å². The highest BCUT2D eigenvalue weighted by atomic mass is 35.5. The van der Waals surface area contributed by atoms with Crippen molar-refractivity contribution >= 4 is 11.6 Å². The minimum Gasteiger partial charge on any atom is -0.303 e. The van der Waals surface area contributed by atoms with Gasteiger partial charge in [0.25, 0.3) is 0 Å². The molecule has 16 heavy (non-hydrogen) atoms. The van der Waals surface area contributed by atoms with E-state index in [0.29, 0.717) is 17.0 Å². The molecule has 0 bridgehead atoms. The lowest BCUT2D eigenvalue weighted by Gasteiger charge is -2.15. The van der Waals surface area contributed by atoms with E-state index in [1.807, 2.05) is 0 Å². The standard InChI is InChI=1S/C13H17ClFN/c1-10-5-7-16(9-10)8-6-11-12(14)3-2-4-13(11)15/h2-4,10H,5-9H2,1H3. The van der Waals surface area contributed by atoms with Crippen molar-refractivity contribution in [3.05, 3.63) is 34.6 Å². The van der Waals surface area contributed by atoms with E-state index in [-0.39, 0.29) is 5.82 Å². The van der Waals surface area contributed by atoms with Crippen LogP contribution < -0.4 is 0 Å². The van der Waals surface area contributed by atoms with Crippen molar-refractivity contribution < 1.29 is 4.39 Å². The summed E-state index contributed by atoms with van der Waals surface area (Å²) >= 11 is 5.99. The van der Waals surface area contributed by atoms with Crippen LogP contribution in [0, 0.1) is 11.7 Å². The Balaban J connectivity index is 1.94. The Labute approximate surface area is 101 Å². The molecule has 1 atom stereocenters. The second-order valence-corrected chi connectivity index (χ2v) is 5.05. The zero-order chi connectivity index (χ0) is 11.5. The number of halogens is 2. The third kappa shape index (κ3) is 2.74. The molecular weight excluding hydrogens is 225 g/mol. The van der Waals surface area contributed by atoms with Gasteiger partial charge in [0.2, 0.25) is 0 Å². The van der Waals surface area contributed by atoms with E-state index in [4.69, 9.17) is 11.6 Å². The Hall–Kier alpha value is -0.600. The highest BCUT2D eigenvalue weighted by molar-refractivity contribution is 6.31. The van der Waals surface area contributed by atoms with E-state index in [0.717, 1.165) is 25.6 Å². The molecule has 0 amide bonds. The van der Waals surface area contributed by atoms with Crippen molar-refractivity contribution in [1.29, 1.82) is 0 Å². The summed E-state index contributed by atoms with van der Waals surface area (Å²) in [5.74, 6) is 0.593. The lowest BCUT2D eigenvalue weighted by molar-refractivity contribution is 0.330. The van der Waals surface area contributed by atoms with Crippen LogP contribution in [0.15, 0.2) is 18.2 Å². The monoisotopic (exact) mass is 241 g/mol. The zero-order valence-corrected chi connectivity index (χ0v) is 10.3. The quantitative estimate of drug-likeness (QED) is 0.785. The lowest BCUT2D eigenvalue weighted by atomic mass is 10.1. The molecule has 1 heterocycles. The van der Waals surface area contributed by atoms with Gasteiger partial charge in [-0.25, -0.2) is 4.39 Å². The molecule has 1 aliphatic rings. The summed E-state index contributed by atoms with van der Waals surface area (Å²) in [7, 11) is 0. The van der Waals surface area contributed by atoms with Crippen molar-refractivity contribution in [1.82, 2.24) is 4.90 Å². The molecule has 0 spiro atoms. The van der Waals surface area contributed by atoms with Crippen molar-refractivity contribution in [3.63, 3.8) is 0 Å². The summed E-state index contributed by atoms with van der Waals surface area (Å²) < 4.78 is 13.5. The molecule has 2 rings (SSSR count). The molecule has 0 aromatic heterocycles. The van der Waals surface area contributed by atoms with Crippen LogP contribution in [0.25, 0.3) is 0 Å². The van der Waals surface area contributed by atoms with Crippen LogP contribution in [-0.2, 0) is 6.42 Å². The van der Waals surface area contributed by atoms with Gasteiger partial charge in [0, 0.05) is 23.7 Å². The molecular formula is C13H17ClFN. The minimum atomic E-state index is -0.181. The summed E-state index contributed by atoms with van der Waals surface area (Å²) in [5, 5.41) is 0.548. The van der Waals surface area contributed by atoms with Crippen LogP contribution in [0.4, 0.5) is 4.39 Å². The fourth-order valence-electron chi connectivity index (χ4n) is 2.27. The third-order valence-electron chi connectivity index (χ3n) is 3.25. The van der Waals surface area contributed by atoms with E-state index < -0.39 is 0 Å². The van der Waals surface area contributed by atoms with Crippen molar-refractivity contribution in [2.75, 3.05) is 19.6 Å². The second-order valence-electron chi connectivity index (χ2n) is 4.64. The SMILES string of the molecule is CC1CCN(CCc2c(F)cccc2Cl)C1. The normalized spacial score (nSPS) is 21.6. The van der Waals surface area contributed by atoms with Crippen molar-refractivity contribution in [2.45, 2.75) is 19.8 Å². The van der Waals surface area contributed by atoms with Crippen molar-refractivity contribution in [2.24, 2.45) is 5.92 Å². The molecule has 0 aliphatic carbocycles. The Morgan fingerprint density at radius 1 is 1.50 bits per heavy atom. The molecule has 1 saturated heterocycles. The summed E-state index contributed by atoms with van der Waals surface area (Å²) in [5.41, 5.74) is 0.656. The van der Waals surface area contributed by atoms with Crippen LogP contribution >= 0.6 is 11.6 Å². The molecule has 88 valence electrons. The van der Waals surface area contributed by atoms with Gasteiger partial charge in [-0.05, 0) is 37.4 Å². The number of rotatable bonds is 3. The first-order valence-corrected chi connectivity index (χ1v) is 6.20. The summed E-state index contributed by atoms with van der Waals surface area (Å²) in [4.78, 5) is 2.38. The topological polar surface area (TPSA) is 3.24 Å². The fourth-order valence-corrected chi connectivity index (χ4v) is 2.53. The van der Waals surface area contributed by atoms with Crippen LogP contribution in [0.3, 0.4) is 0 Å². The van der Waals surface area contributed by atoms with Crippen molar-refractivity contribution in [3.8, 4) is 0 Å². The van der Waals surface area contributed by atoms with Gasteiger partial charge < -0.3 is 4.90 Å². The Kier molecular flexibility index (Phi) is 3.82. The molecule has 1 aliphatic heterocycles. The molecule has 1 unspecified atom stereocenters. The first-order chi connectivity index (χ1) is 7.66. The van der Waals surface area contributed by atoms with Gasteiger partial charge in [-0.15, -0.1) is 0 Å². The number of hydrogen-bond donors (Lipinski definition) is 0. The van der Waals surface area contributed by atoms with Gasteiger partial charge in [0.05, 0.1) is 0 Å². The minimum absolute atomic E-state index is 0.181. The first kappa shape index (κ1) is 11.9. The van der Waals surface area contributed by atoms with Gasteiger partial charge in [-0.2, -0.15) is 0 Å². The molecule has 1 nitrogen and oxygen atoms in total. The number of benzene rings is 1. The van der Waals surface area contributed by atoms with Gasteiger partial charge in [0.15, 0.2) is 0 Å². The molecule has 0 N–H and O–H groups in total. The van der Waals surface area contributed by atoms with Crippen LogP contribution in [-0.4, -0.2) is 24.5 Å². The maximum Gasteiger partial charge on any atom is 0.127 e. The predicted octanol–water partition coefficient (Wildman–Crippen LogP) is 3.36. The maximum absolute atomic E-state index is 13.5. The summed E-state index contributed by atoms with van der Waals surface area (Å²) in [6, 6.07) is 4.89. The smallest absolute Gasteiger partial charge is 0.127 e. The zero-order valence-electron chi connectivity index (χ0n) is 9.55. The third-order valence-corrected chi connectivity index (χ3v) is 3.60. The van der Waals surface area contributed by atoms with E-state index >= 15 is 0 Å². The van der Waals surface area contributed by atoms with E-state index in [1.54, 1.807) is 12.1 Å². The fraction of sp³-hybridized carbons (Fsp3) is 0.538. The largest absolute Gasteiger partial charge is 0.303 e. The number of nitrogens with zero attached hydrogens (tertiary/aromatic N) is 1.